The van der Waals surface area contributed by atoms with Gasteiger partial charge in [-0.25, -0.2) is 0 Å². The van der Waals surface area contributed by atoms with Gasteiger partial charge in [-0.2, -0.15) is 10.5 Å². The molecule has 86 valence electrons. The van der Waals surface area contributed by atoms with Crippen LogP contribution >= 0.6 is 0 Å². The van der Waals surface area contributed by atoms with Crippen molar-refractivity contribution in [2.45, 2.75) is 6.92 Å². The number of carbonyl (C=O) groups is 1. The highest BCUT2D eigenvalue weighted by atomic mass is 16.3. The van der Waals surface area contributed by atoms with Crippen molar-refractivity contribution in [3.05, 3.63) is 46.7 Å². The monoisotopic (exact) mass is 236 g/mol. The number of benzene rings is 1. The van der Waals surface area contributed by atoms with Gasteiger partial charge < -0.3 is 4.42 Å². The highest BCUT2D eigenvalue weighted by molar-refractivity contribution is 5.76. The van der Waals surface area contributed by atoms with E-state index < -0.39 is 0 Å². The summed E-state index contributed by atoms with van der Waals surface area (Å²) in [6.07, 6.45) is 0.606. The lowest BCUT2D eigenvalue weighted by Gasteiger charge is -2.05. The third-order valence-corrected chi connectivity index (χ3v) is 2.57. The summed E-state index contributed by atoms with van der Waals surface area (Å²) in [5.74, 6) is 0.660. The van der Waals surface area contributed by atoms with E-state index >= 15 is 0 Å². The smallest absolute Gasteiger partial charge is 0.185 e. The van der Waals surface area contributed by atoms with Crippen molar-refractivity contribution in [3.8, 4) is 23.5 Å². The molecule has 1 aromatic heterocycles. The zero-order valence-electron chi connectivity index (χ0n) is 9.60. The first-order chi connectivity index (χ1) is 8.69. The van der Waals surface area contributed by atoms with Crippen LogP contribution in [-0.4, -0.2) is 6.29 Å². The van der Waals surface area contributed by atoms with E-state index in [4.69, 9.17) is 14.9 Å². The Labute approximate surface area is 104 Å². The van der Waals surface area contributed by atoms with Crippen LogP contribution in [0.4, 0.5) is 0 Å². The van der Waals surface area contributed by atoms with Gasteiger partial charge in [0.2, 0.25) is 0 Å². The molecule has 4 nitrogen and oxygen atoms in total. The first-order valence-electron chi connectivity index (χ1n) is 5.20. The molecule has 0 spiro atoms. The average Bonchev–Trinajstić information content (AvgIpc) is 2.85. The summed E-state index contributed by atoms with van der Waals surface area (Å²) in [6.45, 7) is 1.79. The van der Waals surface area contributed by atoms with Crippen molar-refractivity contribution < 1.29 is 9.21 Å². The molecule has 2 rings (SSSR count). The highest BCUT2D eigenvalue weighted by Crippen LogP contribution is 2.29. The van der Waals surface area contributed by atoms with Crippen molar-refractivity contribution in [3.63, 3.8) is 0 Å². The van der Waals surface area contributed by atoms with Crippen LogP contribution < -0.4 is 0 Å². The second-order valence-corrected chi connectivity index (χ2v) is 3.76. The van der Waals surface area contributed by atoms with Crippen molar-refractivity contribution >= 4 is 6.29 Å². The van der Waals surface area contributed by atoms with Gasteiger partial charge in [-0.15, -0.1) is 0 Å². The highest BCUT2D eigenvalue weighted by Gasteiger charge is 2.13. The summed E-state index contributed by atoms with van der Waals surface area (Å²) >= 11 is 0. The number of nitrogens with zero attached hydrogens (tertiary/aromatic N) is 2. The van der Waals surface area contributed by atoms with Crippen molar-refractivity contribution in [1.29, 1.82) is 10.5 Å². The maximum Gasteiger partial charge on any atom is 0.185 e. The zero-order valence-corrected chi connectivity index (χ0v) is 9.60. The first-order valence-corrected chi connectivity index (χ1v) is 5.20. The Bertz CT molecular complexity index is 700. The van der Waals surface area contributed by atoms with Gasteiger partial charge in [-0.3, -0.25) is 4.79 Å². The summed E-state index contributed by atoms with van der Waals surface area (Å²) in [7, 11) is 0. The number of nitriles is 2. The quantitative estimate of drug-likeness (QED) is 0.751. The molecule has 0 aliphatic rings. The predicted molar refractivity (Wildman–Crippen MR) is 63.7 cm³/mol. The molecule has 1 aromatic carbocycles. The maximum absolute atomic E-state index is 10.6. The molecule has 0 fully saturated rings. The van der Waals surface area contributed by atoms with E-state index in [-0.39, 0.29) is 5.76 Å². The number of aldehydes is 1. The van der Waals surface area contributed by atoms with Crippen LogP contribution in [0.2, 0.25) is 0 Å². The Balaban J connectivity index is 2.68. The fourth-order valence-corrected chi connectivity index (χ4v) is 1.82. The van der Waals surface area contributed by atoms with Gasteiger partial charge in [0.25, 0.3) is 0 Å². The first kappa shape index (κ1) is 11.6. The largest absolute Gasteiger partial charge is 0.453 e. The number of furan rings is 1. The number of aryl methyl sites for hydroxylation is 1. The summed E-state index contributed by atoms with van der Waals surface area (Å²) in [5, 5.41) is 18.0. The minimum Gasteiger partial charge on any atom is -0.453 e. The van der Waals surface area contributed by atoms with Gasteiger partial charge in [0.1, 0.15) is 5.76 Å². The van der Waals surface area contributed by atoms with Crippen LogP contribution in [0.15, 0.2) is 28.7 Å². The minimum atomic E-state index is 0.206. The molecule has 4 heteroatoms. The average molecular weight is 236 g/mol. The van der Waals surface area contributed by atoms with E-state index in [9.17, 15) is 4.79 Å². The van der Waals surface area contributed by atoms with E-state index in [0.29, 0.717) is 28.7 Å². The maximum atomic E-state index is 10.6. The Kier molecular flexibility index (Phi) is 2.95. The van der Waals surface area contributed by atoms with Crippen LogP contribution in [0.1, 0.15) is 27.2 Å². The summed E-state index contributed by atoms with van der Waals surface area (Å²) in [5.41, 5.74) is 2.16. The Morgan fingerprint density at radius 2 is 2.00 bits per heavy atom. The number of hydrogen-bond donors (Lipinski definition) is 0. The Morgan fingerprint density at radius 1 is 1.22 bits per heavy atom. The van der Waals surface area contributed by atoms with Gasteiger partial charge in [0.05, 0.1) is 23.3 Å². The van der Waals surface area contributed by atoms with Gasteiger partial charge in [-0.1, -0.05) is 0 Å². The molecule has 0 aliphatic carbocycles. The fourth-order valence-electron chi connectivity index (χ4n) is 1.82. The van der Waals surface area contributed by atoms with Crippen LogP contribution in [0.5, 0.6) is 0 Å². The lowest BCUT2D eigenvalue weighted by atomic mass is 9.98. The van der Waals surface area contributed by atoms with E-state index in [1.54, 1.807) is 25.1 Å². The minimum absolute atomic E-state index is 0.206. The Hall–Kier alpha value is -2.85. The second kappa shape index (κ2) is 4.57. The lowest BCUT2D eigenvalue weighted by Crippen LogP contribution is -1.90. The molecule has 0 atom stereocenters. The van der Waals surface area contributed by atoms with Crippen molar-refractivity contribution in [2.24, 2.45) is 0 Å². The van der Waals surface area contributed by atoms with Gasteiger partial charge >= 0.3 is 0 Å². The molecule has 0 saturated heterocycles. The normalized spacial score (nSPS) is 9.50. The number of carbonyl (C=O) groups excluding carboxylic acids is 1. The molecule has 0 N–H and O–H groups in total. The fraction of sp³-hybridized carbons (Fsp3) is 0.0714. The van der Waals surface area contributed by atoms with E-state index in [2.05, 4.69) is 0 Å². The summed E-state index contributed by atoms with van der Waals surface area (Å²) in [6, 6.07) is 10.4. The molecule has 0 bridgehead atoms. The molecule has 1 heterocycles. The van der Waals surface area contributed by atoms with Gasteiger partial charge in [0.15, 0.2) is 12.0 Å². The van der Waals surface area contributed by atoms with Crippen molar-refractivity contribution in [1.82, 2.24) is 0 Å². The third kappa shape index (κ3) is 1.88. The van der Waals surface area contributed by atoms with E-state index in [0.717, 1.165) is 5.56 Å². The molecular weight excluding hydrogens is 228 g/mol. The van der Waals surface area contributed by atoms with E-state index in [1.807, 2.05) is 12.1 Å². The number of hydrogen-bond acceptors (Lipinski definition) is 4. The molecule has 0 unspecified atom stereocenters. The molecule has 0 amide bonds. The van der Waals surface area contributed by atoms with E-state index in [1.165, 1.54) is 6.07 Å². The second-order valence-electron chi connectivity index (χ2n) is 3.76. The predicted octanol–water partition coefficient (Wildman–Crippen LogP) is 2.81. The van der Waals surface area contributed by atoms with Crippen molar-refractivity contribution in [2.75, 3.05) is 0 Å². The standard InChI is InChI=1S/C14H8N2O2/c1-9-4-10(6-15)5-11(7-16)14(9)13-3-2-12(8-17)18-13/h2-5,8H,1H3. The van der Waals surface area contributed by atoms with Crippen LogP contribution in [0, 0.1) is 29.6 Å². The molecular formula is C14H8N2O2. The lowest BCUT2D eigenvalue weighted by molar-refractivity contribution is 0.110. The number of rotatable bonds is 2. The van der Waals surface area contributed by atoms with Crippen LogP contribution in [0.3, 0.4) is 0 Å². The molecule has 0 saturated carbocycles. The Morgan fingerprint density at radius 3 is 2.56 bits per heavy atom. The molecule has 0 radical (unpaired) electrons. The zero-order chi connectivity index (χ0) is 13.1. The summed E-state index contributed by atoms with van der Waals surface area (Å²) < 4.78 is 5.31. The topological polar surface area (TPSA) is 77.8 Å². The van der Waals surface area contributed by atoms with Gasteiger partial charge in [0, 0.05) is 5.56 Å². The molecule has 0 aliphatic heterocycles. The van der Waals surface area contributed by atoms with Gasteiger partial charge in [-0.05, 0) is 36.8 Å². The molecule has 2 aromatic rings. The SMILES string of the molecule is Cc1cc(C#N)cc(C#N)c1-c1ccc(C=O)o1. The summed E-state index contributed by atoms with van der Waals surface area (Å²) in [4.78, 5) is 10.6. The van der Waals surface area contributed by atoms with Crippen LogP contribution in [-0.2, 0) is 0 Å². The third-order valence-electron chi connectivity index (χ3n) is 2.57. The van der Waals surface area contributed by atoms with Crippen LogP contribution in [0.25, 0.3) is 11.3 Å². The molecule has 18 heavy (non-hydrogen) atoms.